The number of anilines is 1. The van der Waals surface area contributed by atoms with Gasteiger partial charge >= 0.3 is 0 Å². The third-order valence-electron chi connectivity index (χ3n) is 2.00. The lowest BCUT2D eigenvalue weighted by Gasteiger charge is -2.09. The van der Waals surface area contributed by atoms with Crippen LogP contribution in [0.2, 0.25) is 5.02 Å². The Morgan fingerprint density at radius 3 is 3.00 bits per heavy atom. The van der Waals surface area contributed by atoms with Crippen LogP contribution in [0.3, 0.4) is 0 Å². The summed E-state index contributed by atoms with van der Waals surface area (Å²) in [4.78, 5) is 11.2. The minimum Gasteiger partial charge on any atom is -0.376 e. The first-order chi connectivity index (χ1) is 7.63. The van der Waals surface area contributed by atoms with E-state index in [1.165, 1.54) is 0 Å². The summed E-state index contributed by atoms with van der Waals surface area (Å²) in [6.07, 6.45) is 0. The van der Waals surface area contributed by atoms with E-state index in [9.17, 15) is 4.79 Å². The number of nitrogens with one attached hydrogen (secondary N) is 2. The van der Waals surface area contributed by atoms with Crippen molar-refractivity contribution in [2.75, 3.05) is 18.4 Å². The normalized spacial score (nSPS) is 9.31. The Balaban J connectivity index is 2.51. The first-order valence-corrected chi connectivity index (χ1v) is 5.15. The van der Waals surface area contributed by atoms with Gasteiger partial charge in [-0.1, -0.05) is 17.7 Å². The smallest absolute Gasteiger partial charge is 0.240 e. The summed E-state index contributed by atoms with van der Waals surface area (Å²) >= 11 is 5.83. The first-order valence-electron chi connectivity index (χ1n) is 4.77. The summed E-state index contributed by atoms with van der Waals surface area (Å²) in [5.74, 6) is -0.221. The van der Waals surface area contributed by atoms with Crippen molar-refractivity contribution < 1.29 is 4.79 Å². The van der Waals surface area contributed by atoms with Crippen molar-refractivity contribution in [1.82, 2.24) is 5.32 Å². The molecule has 0 atom stereocenters. The van der Waals surface area contributed by atoms with Crippen LogP contribution in [0.5, 0.6) is 0 Å². The molecule has 1 aromatic rings. The molecule has 84 valence electrons. The highest BCUT2D eigenvalue weighted by molar-refractivity contribution is 6.30. The van der Waals surface area contributed by atoms with Gasteiger partial charge in [0.1, 0.15) is 6.54 Å². The minimum atomic E-state index is -0.221. The maximum atomic E-state index is 11.2. The molecule has 1 rings (SSSR count). The first kappa shape index (κ1) is 12.3. The Kier molecular flexibility index (Phi) is 4.62. The number of nitriles is 1. The molecular weight excluding hydrogens is 226 g/mol. The number of benzene rings is 1. The molecule has 16 heavy (non-hydrogen) atoms. The Bertz CT molecular complexity index is 426. The largest absolute Gasteiger partial charge is 0.376 e. The second-order valence-electron chi connectivity index (χ2n) is 3.25. The lowest BCUT2D eigenvalue weighted by atomic mass is 10.2. The van der Waals surface area contributed by atoms with Gasteiger partial charge in [-0.3, -0.25) is 4.79 Å². The van der Waals surface area contributed by atoms with E-state index in [4.69, 9.17) is 16.9 Å². The molecule has 0 fully saturated rings. The molecule has 1 aromatic carbocycles. The van der Waals surface area contributed by atoms with Crippen LogP contribution in [-0.2, 0) is 4.79 Å². The van der Waals surface area contributed by atoms with E-state index in [2.05, 4.69) is 10.6 Å². The van der Waals surface area contributed by atoms with Crippen LogP contribution in [0.25, 0.3) is 0 Å². The van der Waals surface area contributed by atoms with Crippen LogP contribution in [0.1, 0.15) is 5.56 Å². The number of halogens is 1. The van der Waals surface area contributed by atoms with Gasteiger partial charge in [-0.15, -0.1) is 0 Å². The molecular formula is C11H12ClN3O. The van der Waals surface area contributed by atoms with Crippen LogP contribution in [-0.4, -0.2) is 19.0 Å². The van der Waals surface area contributed by atoms with Gasteiger partial charge in [-0.2, -0.15) is 5.26 Å². The molecule has 0 heterocycles. The zero-order chi connectivity index (χ0) is 12.0. The standard InChI is InChI=1S/C11H12ClN3O/c1-8-2-3-9(12)6-10(8)15-7-11(16)14-5-4-13/h2-3,6,15H,5,7H2,1H3,(H,14,16). The van der Waals surface area contributed by atoms with Crippen LogP contribution in [0, 0.1) is 18.3 Å². The monoisotopic (exact) mass is 237 g/mol. The summed E-state index contributed by atoms with van der Waals surface area (Å²) in [5, 5.41) is 14.3. The molecule has 2 N–H and O–H groups in total. The summed E-state index contributed by atoms with van der Waals surface area (Å²) in [6.45, 7) is 2.07. The van der Waals surface area contributed by atoms with Crippen LogP contribution in [0.15, 0.2) is 18.2 Å². The number of carbonyl (C=O) groups excluding carboxylic acids is 1. The maximum absolute atomic E-state index is 11.2. The van der Waals surface area contributed by atoms with E-state index in [1.807, 2.05) is 19.1 Å². The van der Waals surface area contributed by atoms with Crippen molar-refractivity contribution in [1.29, 1.82) is 5.26 Å². The summed E-state index contributed by atoms with van der Waals surface area (Å²) in [7, 11) is 0. The van der Waals surface area contributed by atoms with Gasteiger partial charge in [-0.25, -0.2) is 0 Å². The van der Waals surface area contributed by atoms with Crippen molar-refractivity contribution in [2.45, 2.75) is 6.92 Å². The average molecular weight is 238 g/mol. The SMILES string of the molecule is Cc1ccc(Cl)cc1NCC(=O)NCC#N. The molecule has 0 unspecified atom stereocenters. The lowest BCUT2D eigenvalue weighted by Crippen LogP contribution is -2.30. The molecule has 0 radical (unpaired) electrons. The molecule has 0 aliphatic heterocycles. The van der Waals surface area contributed by atoms with Crippen molar-refractivity contribution in [3.63, 3.8) is 0 Å². The lowest BCUT2D eigenvalue weighted by molar-refractivity contribution is -0.119. The zero-order valence-corrected chi connectivity index (χ0v) is 9.64. The Hall–Kier alpha value is -1.73. The van der Waals surface area contributed by atoms with Crippen molar-refractivity contribution in [3.8, 4) is 6.07 Å². The highest BCUT2D eigenvalue weighted by atomic mass is 35.5. The fraction of sp³-hybridized carbons (Fsp3) is 0.273. The number of amides is 1. The van der Waals surface area contributed by atoms with E-state index in [-0.39, 0.29) is 19.0 Å². The van der Waals surface area contributed by atoms with E-state index < -0.39 is 0 Å². The Morgan fingerprint density at radius 2 is 2.31 bits per heavy atom. The second kappa shape index (κ2) is 5.99. The highest BCUT2D eigenvalue weighted by Gasteiger charge is 2.02. The van der Waals surface area contributed by atoms with Gasteiger partial charge in [0.2, 0.25) is 5.91 Å². The van der Waals surface area contributed by atoms with E-state index >= 15 is 0 Å². The van der Waals surface area contributed by atoms with E-state index in [1.54, 1.807) is 12.1 Å². The fourth-order valence-corrected chi connectivity index (χ4v) is 1.33. The van der Waals surface area contributed by atoms with Gasteiger partial charge in [0, 0.05) is 10.7 Å². The van der Waals surface area contributed by atoms with Crippen LogP contribution < -0.4 is 10.6 Å². The molecule has 5 heteroatoms. The van der Waals surface area contributed by atoms with Crippen molar-refractivity contribution in [2.24, 2.45) is 0 Å². The van der Waals surface area contributed by atoms with Crippen LogP contribution in [0.4, 0.5) is 5.69 Å². The predicted octanol–water partition coefficient (Wildman–Crippen LogP) is 1.70. The quantitative estimate of drug-likeness (QED) is 0.784. The van der Waals surface area contributed by atoms with E-state index in [0.29, 0.717) is 5.02 Å². The average Bonchev–Trinajstić information content (AvgIpc) is 2.27. The number of hydrogen-bond donors (Lipinski definition) is 2. The van der Waals surface area contributed by atoms with Crippen molar-refractivity contribution in [3.05, 3.63) is 28.8 Å². The zero-order valence-electron chi connectivity index (χ0n) is 8.88. The fourth-order valence-electron chi connectivity index (χ4n) is 1.16. The number of aryl methyl sites for hydroxylation is 1. The predicted molar refractivity (Wildman–Crippen MR) is 63.3 cm³/mol. The molecule has 0 spiro atoms. The molecule has 0 aromatic heterocycles. The molecule has 4 nitrogen and oxygen atoms in total. The van der Waals surface area contributed by atoms with Crippen LogP contribution >= 0.6 is 11.6 Å². The molecule has 0 aliphatic carbocycles. The molecule has 0 saturated heterocycles. The molecule has 0 aliphatic rings. The summed E-state index contributed by atoms with van der Waals surface area (Å²) < 4.78 is 0. The van der Waals surface area contributed by atoms with Gasteiger partial charge in [0.05, 0.1) is 12.6 Å². The van der Waals surface area contributed by atoms with E-state index in [0.717, 1.165) is 11.3 Å². The highest BCUT2D eigenvalue weighted by Crippen LogP contribution is 2.19. The van der Waals surface area contributed by atoms with Gasteiger partial charge in [-0.05, 0) is 24.6 Å². The third-order valence-corrected chi connectivity index (χ3v) is 2.24. The second-order valence-corrected chi connectivity index (χ2v) is 3.68. The third kappa shape index (κ3) is 3.79. The number of nitrogens with zero attached hydrogens (tertiary/aromatic N) is 1. The minimum absolute atomic E-state index is 0.0229. The summed E-state index contributed by atoms with van der Waals surface area (Å²) in [5.41, 5.74) is 1.83. The topological polar surface area (TPSA) is 64.9 Å². The Labute approximate surface area is 99.2 Å². The number of hydrogen-bond acceptors (Lipinski definition) is 3. The molecule has 1 amide bonds. The van der Waals surface area contributed by atoms with Gasteiger partial charge in [0.25, 0.3) is 0 Å². The summed E-state index contributed by atoms with van der Waals surface area (Å²) in [6, 6.07) is 7.26. The molecule has 0 bridgehead atoms. The number of carbonyl (C=O) groups is 1. The molecule has 0 saturated carbocycles. The maximum Gasteiger partial charge on any atom is 0.240 e. The van der Waals surface area contributed by atoms with Gasteiger partial charge < -0.3 is 10.6 Å². The Morgan fingerprint density at radius 1 is 1.56 bits per heavy atom. The van der Waals surface area contributed by atoms with Gasteiger partial charge in [0.15, 0.2) is 0 Å². The number of rotatable bonds is 4. The van der Waals surface area contributed by atoms with Crippen molar-refractivity contribution >= 4 is 23.2 Å².